The average Bonchev–Trinajstić information content (AvgIpc) is 1.87. The number of terminal acetylenes is 1. The van der Waals surface area contributed by atoms with Crippen LogP contribution in [0.1, 0.15) is 26.2 Å². The molecule has 0 aliphatic heterocycles. The Morgan fingerprint density at radius 3 is 2.64 bits per heavy atom. The maximum atomic E-state index is 11.2. The Balaban J connectivity index is 2.57. The third-order valence-electron chi connectivity index (χ3n) is 2.15. The molecule has 0 spiro atoms. The van der Waals surface area contributed by atoms with Crippen molar-refractivity contribution in [3.05, 3.63) is 0 Å². The maximum absolute atomic E-state index is 11.2. The highest BCUT2D eigenvalue weighted by Gasteiger charge is 2.43. The first-order chi connectivity index (χ1) is 5.25. The Morgan fingerprint density at radius 2 is 2.36 bits per heavy atom. The fraction of sp³-hybridized carbons (Fsp3) is 0.667. The molecule has 1 aliphatic rings. The predicted octanol–water partition coefficient (Wildman–Crippen LogP) is 1.35. The summed E-state index contributed by atoms with van der Waals surface area (Å²) < 4.78 is 4.86. The number of ether oxygens (including phenoxy) is 1. The van der Waals surface area contributed by atoms with Gasteiger partial charge in [-0.15, -0.1) is 6.42 Å². The van der Waals surface area contributed by atoms with Crippen molar-refractivity contribution in [2.45, 2.75) is 26.2 Å². The summed E-state index contributed by atoms with van der Waals surface area (Å²) in [7, 11) is 0. The number of hydrogen-bond acceptors (Lipinski definition) is 2. The summed E-state index contributed by atoms with van der Waals surface area (Å²) in [6.45, 7) is 2.21. The van der Waals surface area contributed by atoms with E-state index in [2.05, 4.69) is 5.92 Å². The van der Waals surface area contributed by atoms with E-state index in [4.69, 9.17) is 11.2 Å². The minimum Gasteiger partial charge on any atom is -0.465 e. The fourth-order valence-electron chi connectivity index (χ4n) is 1.21. The van der Waals surface area contributed by atoms with Crippen molar-refractivity contribution >= 4 is 5.97 Å². The van der Waals surface area contributed by atoms with E-state index in [9.17, 15) is 4.79 Å². The van der Waals surface area contributed by atoms with E-state index in [1.165, 1.54) is 0 Å². The molecule has 1 rings (SSSR count). The van der Waals surface area contributed by atoms with Gasteiger partial charge < -0.3 is 4.74 Å². The summed E-state index contributed by atoms with van der Waals surface area (Å²) in [5, 5.41) is 0. The zero-order valence-corrected chi connectivity index (χ0v) is 6.72. The molecule has 0 N–H and O–H groups in total. The van der Waals surface area contributed by atoms with Gasteiger partial charge in [0.1, 0.15) is 5.41 Å². The molecule has 0 aromatic heterocycles. The van der Waals surface area contributed by atoms with E-state index >= 15 is 0 Å². The van der Waals surface area contributed by atoms with Gasteiger partial charge in [-0.05, 0) is 26.2 Å². The highest BCUT2D eigenvalue weighted by atomic mass is 16.5. The maximum Gasteiger partial charge on any atom is 0.324 e. The van der Waals surface area contributed by atoms with E-state index in [0.717, 1.165) is 19.3 Å². The minimum atomic E-state index is -0.560. The van der Waals surface area contributed by atoms with E-state index in [0.29, 0.717) is 6.61 Å². The van der Waals surface area contributed by atoms with Gasteiger partial charge in [-0.1, -0.05) is 5.92 Å². The van der Waals surface area contributed by atoms with Gasteiger partial charge in [0.2, 0.25) is 0 Å². The first-order valence-corrected chi connectivity index (χ1v) is 3.90. The molecule has 2 heteroatoms. The van der Waals surface area contributed by atoms with Crippen LogP contribution in [0.4, 0.5) is 0 Å². The zero-order valence-electron chi connectivity index (χ0n) is 6.72. The van der Waals surface area contributed by atoms with Gasteiger partial charge in [0.05, 0.1) is 6.61 Å². The van der Waals surface area contributed by atoms with Gasteiger partial charge in [-0.3, -0.25) is 4.79 Å². The van der Waals surface area contributed by atoms with E-state index in [-0.39, 0.29) is 5.97 Å². The molecule has 0 atom stereocenters. The van der Waals surface area contributed by atoms with Crippen LogP contribution in [0.5, 0.6) is 0 Å². The van der Waals surface area contributed by atoms with Crippen molar-refractivity contribution in [2.24, 2.45) is 5.41 Å². The summed E-state index contributed by atoms with van der Waals surface area (Å²) in [6, 6.07) is 0. The lowest BCUT2D eigenvalue weighted by Crippen LogP contribution is -2.37. The van der Waals surface area contributed by atoms with Crippen LogP contribution < -0.4 is 0 Å². The van der Waals surface area contributed by atoms with Gasteiger partial charge in [0.15, 0.2) is 0 Å². The Bertz CT molecular complexity index is 196. The normalized spacial score (nSPS) is 19.6. The lowest BCUT2D eigenvalue weighted by atomic mass is 9.69. The molecule has 1 fully saturated rings. The van der Waals surface area contributed by atoms with Crippen molar-refractivity contribution < 1.29 is 9.53 Å². The van der Waals surface area contributed by atoms with E-state index < -0.39 is 5.41 Å². The molecule has 0 aromatic rings. The van der Waals surface area contributed by atoms with Crippen molar-refractivity contribution in [3.63, 3.8) is 0 Å². The smallest absolute Gasteiger partial charge is 0.324 e. The van der Waals surface area contributed by atoms with Crippen LogP contribution in [0.3, 0.4) is 0 Å². The first kappa shape index (κ1) is 8.13. The fourth-order valence-corrected chi connectivity index (χ4v) is 1.21. The standard InChI is InChI=1S/C9H12O2/c1-3-9(6-5-7-9)8(10)11-4-2/h1H,4-7H2,2H3. The summed E-state index contributed by atoms with van der Waals surface area (Å²) in [5.41, 5.74) is -0.560. The number of carbonyl (C=O) groups excluding carboxylic acids is 1. The molecule has 0 heterocycles. The Kier molecular flexibility index (Phi) is 2.19. The molecule has 2 nitrogen and oxygen atoms in total. The molecule has 0 bridgehead atoms. The van der Waals surface area contributed by atoms with Crippen molar-refractivity contribution in [2.75, 3.05) is 6.61 Å². The first-order valence-electron chi connectivity index (χ1n) is 3.90. The van der Waals surface area contributed by atoms with Crippen molar-refractivity contribution in [3.8, 4) is 12.3 Å². The number of rotatable bonds is 2. The average molecular weight is 152 g/mol. The molecule has 11 heavy (non-hydrogen) atoms. The molecular formula is C9H12O2. The number of esters is 1. The number of hydrogen-bond donors (Lipinski definition) is 0. The molecule has 1 aliphatic carbocycles. The van der Waals surface area contributed by atoms with E-state index in [1.807, 2.05) is 0 Å². The van der Waals surface area contributed by atoms with Crippen molar-refractivity contribution in [1.29, 1.82) is 0 Å². The molecular weight excluding hydrogens is 140 g/mol. The third kappa shape index (κ3) is 1.23. The monoisotopic (exact) mass is 152 g/mol. The molecule has 0 radical (unpaired) electrons. The highest BCUT2D eigenvalue weighted by molar-refractivity contribution is 5.81. The lowest BCUT2D eigenvalue weighted by Gasteiger charge is -2.33. The second-order valence-corrected chi connectivity index (χ2v) is 2.80. The second-order valence-electron chi connectivity index (χ2n) is 2.80. The van der Waals surface area contributed by atoms with Gasteiger partial charge in [-0.25, -0.2) is 0 Å². The van der Waals surface area contributed by atoms with Crippen LogP contribution in [-0.2, 0) is 9.53 Å². The van der Waals surface area contributed by atoms with Crippen LogP contribution in [-0.4, -0.2) is 12.6 Å². The highest BCUT2D eigenvalue weighted by Crippen LogP contribution is 2.41. The topological polar surface area (TPSA) is 26.3 Å². The van der Waals surface area contributed by atoms with Crippen LogP contribution in [0.25, 0.3) is 0 Å². The van der Waals surface area contributed by atoms with Crippen LogP contribution in [0.15, 0.2) is 0 Å². The molecule has 0 saturated heterocycles. The van der Waals surface area contributed by atoms with Gasteiger partial charge in [-0.2, -0.15) is 0 Å². The molecule has 0 unspecified atom stereocenters. The summed E-state index contributed by atoms with van der Waals surface area (Å²) in [4.78, 5) is 11.2. The predicted molar refractivity (Wildman–Crippen MR) is 41.8 cm³/mol. The molecule has 0 aromatic carbocycles. The van der Waals surface area contributed by atoms with Crippen LogP contribution in [0.2, 0.25) is 0 Å². The summed E-state index contributed by atoms with van der Waals surface area (Å²) >= 11 is 0. The largest absolute Gasteiger partial charge is 0.465 e. The minimum absolute atomic E-state index is 0.214. The Hall–Kier alpha value is -0.970. The Labute approximate surface area is 66.9 Å². The molecule has 1 saturated carbocycles. The number of carbonyl (C=O) groups is 1. The SMILES string of the molecule is C#CC1(C(=O)OCC)CCC1. The van der Waals surface area contributed by atoms with Gasteiger partial charge >= 0.3 is 5.97 Å². The third-order valence-corrected chi connectivity index (χ3v) is 2.15. The second kappa shape index (κ2) is 2.96. The van der Waals surface area contributed by atoms with Crippen LogP contribution in [0, 0.1) is 17.8 Å². The molecule has 60 valence electrons. The van der Waals surface area contributed by atoms with Gasteiger partial charge in [0.25, 0.3) is 0 Å². The summed E-state index contributed by atoms with van der Waals surface area (Å²) in [6.07, 6.45) is 7.88. The van der Waals surface area contributed by atoms with Gasteiger partial charge in [0, 0.05) is 0 Å². The summed E-state index contributed by atoms with van der Waals surface area (Å²) in [5.74, 6) is 2.31. The lowest BCUT2D eigenvalue weighted by molar-refractivity contribution is -0.156. The zero-order chi connectivity index (χ0) is 8.32. The van der Waals surface area contributed by atoms with Crippen molar-refractivity contribution in [1.82, 2.24) is 0 Å². The quantitative estimate of drug-likeness (QED) is 0.441. The van der Waals surface area contributed by atoms with Crippen LogP contribution >= 0.6 is 0 Å². The van der Waals surface area contributed by atoms with E-state index in [1.54, 1.807) is 6.92 Å². The molecule has 0 amide bonds. The Morgan fingerprint density at radius 1 is 1.73 bits per heavy atom.